The summed E-state index contributed by atoms with van der Waals surface area (Å²) in [5.41, 5.74) is 5.83. The summed E-state index contributed by atoms with van der Waals surface area (Å²) < 4.78 is 5.84. The van der Waals surface area contributed by atoms with Crippen molar-refractivity contribution in [1.82, 2.24) is 0 Å². The third-order valence-corrected chi connectivity index (χ3v) is 3.55. The monoisotopic (exact) mass is 308 g/mol. The third kappa shape index (κ3) is 3.40. The van der Waals surface area contributed by atoms with Crippen LogP contribution < -0.4 is 10.2 Å². The summed E-state index contributed by atoms with van der Waals surface area (Å²) >= 11 is 0. The summed E-state index contributed by atoms with van der Waals surface area (Å²) in [5, 5.41) is 13.1. The van der Waals surface area contributed by atoms with Crippen LogP contribution in [0, 0.1) is 0 Å². The number of carboxylic acids is 1. The number of nitrogens with one attached hydrogen (secondary N) is 1. The van der Waals surface area contributed by atoms with Gasteiger partial charge in [-0.1, -0.05) is 18.2 Å². The molecule has 0 aliphatic carbocycles. The quantitative estimate of drug-likeness (QED) is 0.668. The summed E-state index contributed by atoms with van der Waals surface area (Å²) in [7, 11) is 0. The van der Waals surface area contributed by atoms with Crippen molar-refractivity contribution in [2.45, 2.75) is 13.0 Å². The summed E-state index contributed by atoms with van der Waals surface area (Å²) in [4.78, 5) is 10.8. The van der Waals surface area contributed by atoms with Crippen molar-refractivity contribution >= 4 is 23.9 Å². The van der Waals surface area contributed by atoms with E-state index in [-0.39, 0.29) is 11.7 Å². The second-order valence-corrected chi connectivity index (χ2v) is 5.19. The lowest BCUT2D eigenvalue weighted by molar-refractivity contribution is 0.0697. The van der Waals surface area contributed by atoms with Crippen molar-refractivity contribution in [2.75, 3.05) is 5.43 Å². The second kappa shape index (κ2) is 6.36. The van der Waals surface area contributed by atoms with Gasteiger partial charge in [-0.3, -0.25) is 5.43 Å². The number of hydrazone groups is 1. The van der Waals surface area contributed by atoms with Crippen LogP contribution in [0.5, 0.6) is 5.75 Å². The Labute approximate surface area is 133 Å². The number of aromatic carboxylic acids is 1. The first-order valence-electron chi connectivity index (χ1n) is 7.23. The number of carboxylic acid groups (broad SMARTS) is 1. The first-order chi connectivity index (χ1) is 11.1. The molecule has 23 heavy (non-hydrogen) atoms. The minimum absolute atomic E-state index is 0.0789. The van der Waals surface area contributed by atoms with Crippen molar-refractivity contribution in [3.05, 3.63) is 65.2 Å². The predicted octanol–water partition coefficient (Wildman–Crippen LogP) is 3.65. The molecular formula is C18H16N2O3. The van der Waals surface area contributed by atoms with Gasteiger partial charge in [0.15, 0.2) is 0 Å². The van der Waals surface area contributed by atoms with E-state index >= 15 is 0 Å². The Hall–Kier alpha value is -3.08. The average Bonchev–Trinajstić information content (AvgIpc) is 2.56. The number of fused-ring (bicyclic) bond motifs is 1. The molecule has 116 valence electrons. The van der Waals surface area contributed by atoms with Crippen LogP contribution in [-0.4, -0.2) is 23.4 Å². The number of ether oxygens (including phenoxy) is 1. The number of benzene rings is 2. The Morgan fingerprint density at radius 1 is 1.22 bits per heavy atom. The van der Waals surface area contributed by atoms with Gasteiger partial charge in [0.1, 0.15) is 11.9 Å². The van der Waals surface area contributed by atoms with Crippen molar-refractivity contribution < 1.29 is 14.6 Å². The fourth-order valence-corrected chi connectivity index (χ4v) is 2.27. The largest absolute Gasteiger partial charge is 0.485 e. The van der Waals surface area contributed by atoms with Crippen LogP contribution >= 0.6 is 0 Å². The lowest BCUT2D eigenvalue weighted by atomic mass is 10.0. The number of carbonyl (C=O) groups is 1. The molecule has 0 fully saturated rings. The number of hydrogen-bond acceptors (Lipinski definition) is 4. The van der Waals surface area contributed by atoms with E-state index in [9.17, 15) is 4.79 Å². The molecule has 5 heteroatoms. The smallest absolute Gasteiger partial charge is 0.335 e. The van der Waals surface area contributed by atoms with E-state index in [4.69, 9.17) is 9.84 Å². The van der Waals surface area contributed by atoms with Gasteiger partial charge >= 0.3 is 5.97 Å². The van der Waals surface area contributed by atoms with Crippen LogP contribution in [0.25, 0.3) is 6.08 Å². The first-order valence-corrected chi connectivity index (χ1v) is 7.23. The van der Waals surface area contributed by atoms with Crippen LogP contribution in [0.15, 0.2) is 59.2 Å². The summed E-state index contributed by atoms with van der Waals surface area (Å²) in [6, 6.07) is 14.2. The maximum Gasteiger partial charge on any atom is 0.335 e. The third-order valence-electron chi connectivity index (χ3n) is 3.55. The van der Waals surface area contributed by atoms with Gasteiger partial charge in [-0.25, -0.2) is 4.79 Å². The van der Waals surface area contributed by atoms with E-state index < -0.39 is 5.97 Å². The number of rotatable bonds is 4. The summed E-state index contributed by atoms with van der Waals surface area (Å²) in [6.45, 7) is 1.97. The molecule has 0 unspecified atom stereocenters. The SMILES string of the molecule is C[C@H]1Oc2ccccc2C=C1/C=N\Nc1ccc(C(=O)O)cc1. The molecule has 1 aliphatic heterocycles. The zero-order valence-corrected chi connectivity index (χ0v) is 12.6. The van der Waals surface area contributed by atoms with Crippen molar-refractivity contribution in [3.8, 4) is 5.75 Å². The molecule has 0 radical (unpaired) electrons. The lowest BCUT2D eigenvalue weighted by Gasteiger charge is -2.22. The number of para-hydroxylation sites is 1. The molecule has 2 aromatic carbocycles. The summed E-state index contributed by atoms with van der Waals surface area (Å²) in [5.74, 6) is -0.0774. The zero-order valence-electron chi connectivity index (χ0n) is 12.6. The van der Waals surface area contributed by atoms with Gasteiger partial charge in [0.2, 0.25) is 0 Å². The van der Waals surface area contributed by atoms with E-state index in [0.717, 1.165) is 22.6 Å². The topological polar surface area (TPSA) is 70.9 Å². The molecule has 2 aromatic rings. The standard InChI is InChI=1S/C18H16N2O3/c1-12-15(10-14-4-2-3-5-17(14)23-12)11-19-20-16-8-6-13(7-9-16)18(21)22/h2-12,20H,1H3,(H,21,22)/b19-11-/t12-/m1/s1. The first kappa shape index (κ1) is 14.8. The van der Waals surface area contributed by atoms with Crippen LogP contribution in [0.1, 0.15) is 22.8 Å². The number of hydrogen-bond donors (Lipinski definition) is 2. The Kier molecular flexibility index (Phi) is 4.10. The van der Waals surface area contributed by atoms with Crippen LogP contribution in [0.3, 0.4) is 0 Å². The molecular weight excluding hydrogens is 292 g/mol. The van der Waals surface area contributed by atoms with E-state index in [2.05, 4.69) is 10.5 Å². The van der Waals surface area contributed by atoms with E-state index in [0.29, 0.717) is 0 Å². The van der Waals surface area contributed by atoms with Crippen LogP contribution in [0.2, 0.25) is 0 Å². The van der Waals surface area contributed by atoms with Gasteiger partial charge in [-0.05, 0) is 43.3 Å². The second-order valence-electron chi connectivity index (χ2n) is 5.19. The minimum atomic E-state index is -0.947. The Morgan fingerprint density at radius 3 is 2.70 bits per heavy atom. The highest BCUT2D eigenvalue weighted by Crippen LogP contribution is 2.28. The molecule has 2 N–H and O–H groups in total. The molecule has 0 amide bonds. The van der Waals surface area contributed by atoms with Gasteiger partial charge in [0, 0.05) is 11.1 Å². The Morgan fingerprint density at radius 2 is 1.96 bits per heavy atom. The normalized spacial score (nSPS) is 16.4. The van der Waals surface area contributed by atoms with Crippen molar-refractivity contribution in [3.63, 3.8) is 0 Å². The molecule has 1 atom stereocenters. The van der Waals surface area contributed by atoms with Gasteiger partial charge in [-0.15, -0.1) is 0 Å². The Bertz CT molecular complexity index is 779. The maximum absolute atomic E-state index is 10.8. The molecule has 0 saturated carbocycles. The molecule has 0 saturated heterocycles. The highest BCUT2D eigenvalue weighted by molar-refractivity contribution is 5.89. The van der Waals surface area contributed by atoms with Gasteiger partial charge in [0.25, 0.3) is 0 Å². The van der Waals surface area contributed by atoms with Crippen molar-refractivity contribution in [1.29, 1.82) is 0 Å². The van der Waals surface area contributed by atoms with Crippen LogP contribution in [0.4, 0.5) is 5.69 Å². The number of nitrogens with zero attached hydrogens (tertiary/aromatic N) is 1. The minimum Gasteiger partial charge on any atom is -0.485 e. The van der Waals surface area contributed by atoms with E-state index in [1.165, 1.54) is 12.1 Å². The van der Waals surface area contributed by atoms with E-state index in [1.54, 1.807) is 18.3 Å². The highest BCUT2D eigenvalue weighted by Gasteiger charge is 2.16. The van der Waals surface area contributed by atoms with Gasteiger partial charge in [-0.2, -0.15) is 5.10 Å². The predicted molar refractivity (Wildman–Crippen MR) is 90.0 cm³/mol. The molecule has 5 nitrogen and oxygen atoms in total. The molecule has 0 aromatic heterocycles. The lowest BCUT2D eigenvalue weighted by Crippen LogP contribution is -2.19. The van der Waals surface area contributed by atoms with E-state index in [1.807, 2.05) is 37.3 Å². The molecule has 0 spiro atoms. The fourth-order valence-electron chi connectivity index (χ4n) is 2.27. The molecule has 1 aliphatic rings. The highest BCUT2D eigenvalue weighted by atomic mass is 16.5. The molecule has 3 rings (SSSR count). The average molecular weight is 308 g/mol. The van der Waals surface area contributed by atoms with Gasteiger partial charge < -0.3 is 9.84 Å². The summed E-state index contributed by atoms with van der Waals surface area (Å²) in [6.07, 6.45) is 3.68. The van der Waals surface area contributed by atoms with Crippen LogP contribution in [-0.2, 0) is 0 Å². The zero-order chi connectivity index (χ0) is 16.2. The molecule has 0 bridgehead atoms. The maximum atomic E-state index is 10.8. The Balaban J connectivity index is 1.70. The fraction of sp³-hybridized carbons (Fsp3) is 0.111. The number of anilines is 1. The van der Waals surface area contributed by atoms with Gasteiger partial charge in [0.05, 0.1) is 17.5 Å². The van der Waals surface area contributed by atoms with Crippen molar-refractivity contribution in [2.24, 2.45) is 5.10 Å². The molecule has 1 heterocycles.